The summed E-state index contributed by atoms with van der Waals surface area (Å²) in [5.74, 6) is 0. The van der Waals surface area contributed by atoms with Gasteiger partial charge in [0, 0.05) is 24.2 Å². The van der Waals surface area contributed by atoms with Crippen molar-refractivity contribution in [3.05, 3.63) is 17.9 Å². The minimum Gasteiger partial charge on any atom is -0.396 e. The summed E-state index contributed by atoms with van der Waals surface area (Å²) in [5.41, 5.74) is 2.11. The molecule has 0 aliphatic rings. The Balaban J connectivity index is -0.000000120. The van der Waals surface area contributed by atoms with Gasteiger partial charge in [0.15, 0.2) is 0 Å². The minimum atomic E-state index is -0.889. The Bertz CT molecular complexity index is 267. The van der Waals surface area contributed by atoms with Gasteiger partial charge in [0.2, 0.25) is 0 Å². The van der Waals surface area contributed by atoms with Gasteiger partial charge in [0.25, 0.3) is 0 Å². The van der Waals surface area contributed by atoms with Crippen LogP contribution in [0.3, 0.4) is 0 Å². The van der Waals surface area contributed by atoms with Crippen molar-refractivity contribution in [3.8, 4) is 0 Å². The first-order valence-electron chi connectivity index (χ1n) is 7.91. The minimum absolute atomic E-state index is 0. The van der Waals surface area contributed by atoms with Gasteiger partial charge in [0.05, 0.1) is 0 Å². The number of hydrogen-bond acceptors (Lipinski definition) is 2. The second-order valence-corrected chi connectivity index (χ2v) is 19.5. The van der Waals surface area contributed by atoms with Crippen LogP contribution in [0.5, 0.6) is 0 Å². The van der Waals surface area contributed by atoms with E-state index in [0.717, 1.165) is 30.5 Å². The molecule has 0 heterocycles. The summed E-state index contributed by atoms with van der Waals surface area (Å²) >= 11 is 4.88. The maximum absolute atomic E-state index is 8.36. The highest BCUT2D eigenvalue weighted by atomic mass is 127. The molecule has 0 amide bonds. The van der Waals surface area contributed by atoms with Crippen LogP contribution in [0.15, 0.2) is 17.9 Å². The Morgan fingerprint density at radius 3 is 1.78 bits per heavy atom. The molecule has 0 aromatic rings. The van der Waals surface area contributed by atoms with Crippen LogP contribution in [0, 0.1) is 0 Å². The molecule has 0 saturated carbocycles. The molecule has 0 saturated heterocycles. The van der Waals surface area contributed by atoms with E-state index < -0.39 is 5.57 Å². The third-order valence-electron chi connectivity index (χ3n) is 3.01. The number of halogens is 2. The van der Waals surface area contributed by atoms with E-state index in [9.17, 15) is 0 Å². The Hall–Kier alpha value is 1.55. The predicted octanol–water partition coefficient (Wildman–Crippen LogP) is 6.43. The van der Waals surface area contributed by atoms with Crippen LogP contribution in [-0.4, -0.2) is 34.9 Å². The predicted molar refractivity (Wildman–Crippen MR) is 132 cm³/mol. The number of ether oxygens (including phenoxy) is 1. The normalized spacial score (nSPS) is 10.0. The van der Waals surface area contributed by atoms with Crippen LogP contribution in [0.25, 0.3) is 0 Å². The summed E-state index contributed by atoms with van der Waals surface area (Å²) in [5, 5.41) is 8.93. The van der Waals surface area contributed by atoms with Crippen molar-refractivity contribution < 1.29 is 9.84 Å². The van der Waals surface area contributed by atoms with E-state index in [1.807, 2.05) is 26.0 Å². The lowest BCUT2D eigenvalue weighted by Crippen LogP contribution is -2.28. The van der Waals surface area contributed by atoms with Crippen molar-refractivity contribution in [2.75, 3.05) is 24.2 Å². The Morgan fingerprint density at radius 1 is 1.13 bits per heavy atom. The Morgan fingerprint density at radius 2 is 1.57 bits per heavy atom. The number of aliphatic hydroxyl groups is 1. The van der Waals surface area contributed by atoms with Gasteiger partial charge in [-0.1, -0.05) is 56.5 Å². The second-order valence-electron chi connectivity index (χ2n) is 6.10. The zero-order valence-electron chi connectivity index (χ0n) is 16.2. The van der Waals surface area contributed by atoms with Crippen molar-refractivity contribution in [3.63, 3.8) is 0 Å². The first-order chi connectivity index (χ1) is 10.1. The third kappa shape index (κ3) is 31.8. The molecule has 1 N–H and O–H groups in total. The lowest BCUT2D eigenvalue weighted by molar-refractivity contribution is 0.162. The van der Waals surface area contributed by atoms with Crippen molar-refractivity contribution in [2.24, 2.45) is 0 Å². The van der Waals surface area contributed by atoms with Gasteiger partial charge in [-0.2, -0.15) is 9.90 Å². The monoisotopic (exact) mass is 588 g/mol. The van der Waals surface area contributed by atoms with Crippen LogP contribution in [0.2, 0.25) is 18.1 Å². The number of hydrogen-bond donors (Lipinski definition) is 1. The maximum atomic E-state index is 8.36. The SMILES string of the molecule is CC(C)(C)[Si](C)(C)I.CCOCC.OCCCC=C=CCI.P. The smallest absolute Gasteiger partial charge is 0.124 e. The summed E-state index contributed by atoms with van der Waals surface area (Å²) in [6, 6.07) is 0. The second kappa shape index (κ2) is 21.6. The average Bonchev–Trinajstić information content (AvgIpc) is 2.39. The fourth-order valence-electron chi connectivity index (χ4n) is 0.609. The van der Waals surface area contributed by atoms with E-state index >= 15 is 0 Å². The largest absolute Gasteiger partial charge is 0.396 e. The van der Waals surface area contributed by atoms with Crippen molar-refractivity contribution in [2.45, 2.75) is 65.6 Å². The molecule has 1 atom stereocenters. The molecule has 0 fully saturated rings. The first-order valence-corrected chi connectivity index (χ1v) is 15.5. The van der Waals surface area contributed by atoms with E-state index in [0.29, 0.717) is 5.04 Å². The third-order valence-corrected chi connectivity index (χ3v) is 11.9. The van der Waals surface area contributed by atoms with Gasteiger partial charge >= 0.3 is 0 Å². The zero-order chi connectivity index (χ0) is 18.1. The molecule has 6 heteroatoms. The highest BCUT2D eigenvalue weighted by Gasteiger charge is 2.31. The van der Waals surface area contributed by atoms with Crippen molar-refractivity contribution >= 4 is 59.9 Å². The fourth-order valence-corrected chi connectivity index (χ4v) is 0.863. The van der Waals surface area contributed by atoms with Crippen LogP contribution in [0.4, 0.5) is 0 Å². The van der Waals surface area contributed by atoms with E-state index in [1.165, 1.54) is 0 Å². The molecule has 1 unspecified atom stereocenters. The Labute approximate surface area is 176 Å². The molecule has 0 aromatic heterocycles. The molecule has 0 rings (SSSR count). The highest BCUT2D eigenvalue weighted by Crippen LogP contribution is 2.40. The highest BCUT2D eigenvalue weighted by molar-refractivity contribution is 14.1. The number of rotatable bonds is 6. The van der Waals surface area contributed by atoms with Crippen molar-refractivity contribution in [1.82, 2.24) is 0 Å². The lowest BCUT2D eigenvalue weighted by atomic mass is 10.2. The van der Waals surface area contributed by atoms with Gasteiger partial charge in [-0.05, 0) is 43.9 Å². The summed E-state index contributed by atoms with van der Waals surface area (Å²) in [6.45, 7) is 17.7. The van der Waals surface area contributed by atoms with E-state index in [2.05, 4.69) is 84.0 Å². The molecule has 2 nitrogen and oxygen atoms in total. The molecule has 0 bridgehead atoms. The summed E-state index contributed by atoms with van der Waals surface area (Å²) in [4.78, 5) is 0. The van der Waals surface area contributed by atoms with E-state index in [1.54, 1.807) is 0 Å². The molecular formula is C17H39I2O2PSi. The standard InChI is InChI=1S/C7H11IO.C6H15ISi.C4H10O.H3P/c8-6-4-2-1-3-5-7-9;1-6(2,3)8(4,5)7;1-3-5-4-2;/h1,4,9H,3,5-7H2;1-5H3;3-4H2,1-2H3;1H3. The first kappa shape index (κ1) is 32.2. The van der Waals surface area contributed by atoms with Crippen molar-refractivity contribution in [1.29, 1.82) is 0 Å². The molecule has 0 aliphatic heterocycles. The summed E-state index contributed by atoms with van der Waals surface area (Å²) < 4.78 is 5.84. The van der Waals surface area contributed by atoms with Crippen LogP contribution in [-0.2, 0) is 4.74 Å². The van der Waals surface area contributed by atoms with Crippen LogP contribution < -0.4 is 0 Å². The van der Waals surface area contributed by atoms with Gasteiger partial charge in [-0.3, -0.25) is 0 Å². The lowest BCUT2D eigenvalue weighted by Gasteiger charge is -2.30. The van der Waals surface area contributed by atoms with E-state index in [-0.39, 0.29) is 16.5 Å². The van der Waals surface area contributed by atoms with E-state index in [4.69, 9.17) is 9.84 Å². The quantitative estimate of drug-likeness (QED) is 0.0738. The van der Waals surface area contributed by atoms with Crippen LogP contribution >= 0.6 is 54.3 Å². The molecule has 0 aromatic carbocycles. The molecular weight excluding hydrogens is 549 g/mol. The summed E-state index contributed by atoms with van der Waals surface area (Å²) in [6.07, 6.45) is 5.71. The number of alkyl halides is 1. The molecule has 0 spiro atoms. The van der Waals surface area contributed by atoms with Gasteiger partial charge < -0.3 is 9.84 Å². The zero-order valence-corrected chi connectivity index (χ0v) is 22.9. The van der Waals surface area contributed by atoms with Gasteiger partial charge in [-0.15, -0.1) is 27.5 Å². The number of aliphatic hydroxyl groups excluding tert-OH is 1. The van der Waals surface area contributed by atoms with Gasteiger partial charge in [0.1, 0.15) is 5.57 Å². The van der Waals surface area contributed by atoms with Crippen LogP contribution in [0.1, 0.15) is 47.5 Å². The molecule has 142 valence electrons. The number of unbranched alkanes of at least 4 members (excludes halogenated alkanes) is 1. The Kier molecular flexibility index (Phi) is 30.3. The van der Waals surface area contributed by atoms with Gasteiger partial charge in [-0.25, -0.2) is 0 Å². The topological polar surface area (TPSA) is 29.5 Å². The molecule has 23 heavy (non-hydrogen) atoms. The molecule has 0 aliphatic carbocycles. The maximum Gasteiger partial charge on any atom is 0.124 e. The summed E-state index contributed by atoms with van der Waals surface area (Å²) in [7, 11) is 0. The number of allylic oxidation sites excluding steroid dienone is 1. The fraction of sp³-hybridized carbons (Fsp3) is 0.824. The molecule has 0 radical (unpaired) electrons. The average molecular weight is 588 g/mol.